The minimum Gasteiger partial charge on any atom is -0.480 e. The predicted octanol–water partition coefficient (Wildman–Crippen LogP) is 1.18. The Morgan fingerprint density at radius 2 is 2.14 bits per heavy atom. The van der Waals surface area contributed by atoms with Crippen molar-refractivity contribution in [3.63, 3.8) is 0 Å². The number of fused-ring (bicyclic) bond motifs is 1. The summed E-state index contributed by atoms with van der Waals surface area (Å²) < 4.78 is 0. The van der Waals surface area contributed by atoms with Gasteiger partial charge in [0, 0.05) is 17.8 Å². The molecule has 2 heterocycles. The van der Waals surface area contributed by atoms with Crippen LogP contribution >= 0.6 is 0 Å². The minimum absolute atomic E-state index is 0.182. The largest absolute Gasteiger partial charge is 0.480 e. The summed E-state index contributed by atoms with van der Waals surface area (Å²) in [6.07, 6.45) is 3.12. The lowest BCUT2D eigenvalue weighted by molar-refractivity contribution is -0.139. The Morgan fingerprint density at radius 3 is 2.81 bits per heavy atom. The molecule has 2 aliphatic rings. The number of carbonyl (C=O) groups excluding carboxylic acids is 1. The van der Waals surface area contributed by atoms with Crippen LogP contribution in [0.4, 0.5) is 5.82 Å². The number of aryl methyl sites for hydroxylation is 1. The normalized spacial score (nSPS) is 27.7. The summed E-state index contributed by atoms with van der Waals surface area (Å²) in [5.41, 5.74) is 6.38. The van der Waals surface area contributed by atoms with E-state index in [0.717, 1.165) is 19.3 Å². The van der Waals surface area contributed by atoms with E-state index in [-0.39, 0.29) is 5.92 Å². The number of hydrogen-bond donors (Lipinski definition) is 2. The maximum absolute atomic E-state index is 11.7. The number of nitrogens with zero attached hydrogens (tertiary/aromatic N) is 2. The molecule has 0 bridgehead atoms. The van der Waals surface area contributed by atoms with Crippen LogP contribution in [0.2, 0.25) is 0 Å². The second-order valence-electron chi connectivity index (χ2n) is 6.01. The fourth-order valence-electron chi connectivity index (χ4n) is 3.80. The Bertz CT molecular complexity index is 602. The zero-order valence-corrected chi connectivity index (χ0v) is 12.0. The highest BCUT2D eigenvalue weighted by Crippen LogP contribution is 2.43. The van der Waals surface area contributed by atoms with Gasteiger partial charge in [-0.05, 0) is 43.7 Å². The summed E-state index contributed by atoms with van der Waals surface area (Å²) in [6.45, 7) is 2.47. The van der Waals surface area contributed by atoms with Crippen molar-refractivity contribution in [2.45, 2.75) is 32.2 Å². The number of rotatable bonds is 3. The van der Waals surface area contributed by atoms with Crippen molar-refractivity contribution in [3.8, 4) is 0 Å². The van der Waals surface area contributed by atoms with Crippen molar-refractivity contribution in [1.29, 1.82) is 0 Å². The molecule has 1 aliphatic heterocycles. The first-order chi connectivity index (χ1) is 9.97. The molecule has 0 spiro atoms. The maximum atomic E-state index is 11.7. The molecule has 112 valence electrons. The van der Waals surface area contributed by atoms with E-state index in [0.29, 0.717) is 29.5 Å². The van der Waals surface area contributed by atoms with E-state index in [2.05, 4.69) is 4.98 Å². The molecule has 6 heteroatoms. The van der Waals surface area contributed by atoms with E-state index in [9.17, 15) is 14.7 Å². The fourth-order valence-corrected chi connectivity index (χ4v) is 3.80. The quantitative estimate of drug-likeness (QED) is 0.871. The first-order valence-electron chi connectivity index (χ1n) is 7.25. The number of anilines is 1. The first kappa shape index (κ1) is 13.9. The Labute approximate surface area is 123 Å². The summed E-state index contributed by atoms with van der Waals surface area (Å²) in [7, 11) is 0. The highest BCUT2D eigenvalue weighted by molar-refractivity contribution is 5.93. The van der Waals surface area contributed by atoms with Gasteiger partial charge in [-0.15, -0.1) is 0 Å². The molecule has 1 aromatic heterocycles. The van der Waals surface area contributed by atoms with E-state index in [4.69, 9.17) is 5.73 Å². The van der Waals surface area contributed by atoms with Crippen molar-refractivity contribution in [1.82, 2.24) is 4.98 Å². The van der Waals surface area contributed by atoms with Crippen LogP contribution in [0, 0.1) is 18.8 Å². The molecule has 1 aliphatic carbocycles. The van der Waals surface area contributed by atoms with Gasteiger partial charge in [-0.25, -0.2) is 9.78 Å². The summed E-state index contributed by atoms with van der Waals surface area (Å²) >= 11 is 0. The van der Waals surface area contributed by atoms with Gasteiger partial charge in [-0.3, -0.25) is 4.79 Å². The molecular weight excluding hydrogens is 270 g/mol. The number of pyridine rings is 1. The molecule has 3 N–H and O–H groups in total. The lowest BCUT2D eigenvalue weighted by atomic mass is 9.94. The van der Waals surface area contributed by atoms with E-state index < -0.39 is 17.9 Å². The summed E-state index contributed by atoms with van der Waals surface area (Å²) in [5.74, 6) is -0.195. The Kier molecular flexibility index (Phi) is 3.31. The third-order valence-corrected chi connectivity index (χ3v) is 4.66. The molecule has 3 atom stereocenters. The molecular formula is C15H19N3O3. The maximum Gasteiger partial charge on any atom is 0.326 e. The standard InChI is InChI=1S/C15H19N3O3/c1-8-5-10(14(16)19)6-12(17-8)18-7-9-3-2-4-11(9)13(18)15(20)21/h5-6,9,11,13H,2-4,7H2,1H3,(H2,16,19)(H,20,21). The van der Waals surface area contributed by atoms with E-state index >= 15 is 0 Å². The molecule has 6 nitrogen and oxygen atoms in total. The third kappa shape index (κ3) is 2.34. The smallest absolute Gasteiger partial charge is 0.326 e. The van der Waals surface area contributed by atoms with Gasteiger partial charge in [-0.2, -0.15) is 0 Å². The topological polar surface area (TPSA) is 96.5 Å². The number of carbonyl (C=O) groups is 2. The van der Waals surface area contributed by atoms with Gasteiger partial charge in [-0.1, -0.05) is 6.42 Å². The van der Waals surface area contributed by atoms with Crippen LogP contribution in [0.25, 0.3) is 0 Å². The number of amides is 1. The number of primary amides is 1. The fraction of sp³-hybridized carbons (Fsp3) is 0.533. The Morgan fingerprint density at radius 1 is 1.38 bits per heavy atom. The van der Waals surface area contributed by atoms with Gasteiger partial charge in [0.25, 0.3) is 0 Å². The number of carboxylic acid groups (broad SMARTS) is 1. The molecule has 21 heavy (non-hydrogen) atoms. The Hall–Kier alpha value is -2.11. The molecule has 0 radical (unpaired) electrons. The summed E-state index contributed by atoms with van der Waals surface area (Å²) in [5, 5.41) is 9.58. The van der Waals surface area contributed by atoms with Crippen molar-refractivity contribution in [2.75, 3.05) is 11.4 Å². The lowest BCUT2D eigenvalue weighted by Gasteiger charge is -2.26. The number of hydrogen-bond acceptors (Lipinski definition) is 4. The van der Waals surface area contributed by atoms with Gasteiger partial charge in [0.15, 0.2) is 0 Å². The monoisotopic (exact) mass is 289 g/mol. The van der Waals surface area contributed by atoms with Crippen LogP contribution in [0.3, 0.4) is 0 Å². The molecule has 1 aromatic rings. The average molecular weight is 289 g/mol. The first-order valence-corrected chi connectivity index (χ1v) is 7.25. The molecule has 1 amide bonds. The SMILES string of the molecule is Cc1cc(C(N)=O)cc(N2CC3CCCC3C2C(=O)O)n1. The van der Waals surface area contributed by atoms with E-state index in [1.165, 1.54) is 0 Å². The van der Waals surface area contributed by atoms with Crippen molar-refractivity contribution >= 4 is 17.7 Å². The van der Waals surface area contributed by atoms with Crippen LogP contribution in [-0.4, -0.2) is 34.6 Å². The summed E-state index contributed by atoms with van der Waals surface area (Å²) in [4.78, 5) is 29.3. The Balaban J connectivity index is 1.99. The van der Waals surface area contributed by atoms with Gasteiger partial charge in [0.1, 0.15) is 11.9 Å². The highest BCUT2D eigenvalue weighted by atomic mass is 16.4. The average Bonchev–Trinajstić information content (AvgIpc) is 2.96. The lowest BCUT2D eigenvalue weighted by Crippen LogP contribution is -2.40. The minimum atomic E-state index is -0.812. The van der Waals surface area contributed by atoms with Crippen molar-refractivity contribution in [3.05, 3.63) is 23.4 Å². The zero-order valence-electron chi connectivity index (χ0n) is 12.0. The van der Waals surface area contributed by atoms with Crippen LogP contribution in [0.15, 0.2) is 12.1 Å². The number of aromatic nitrogens is 1. The second kappa shape index (κ2) is 5.02. The van der Waals surface area contributed by atoms with E-state index in [1.807, 2.05) is 4.90 Å². The highest BCUT2D eigenvalue weighted by Gasteiger charge is 2.48. The molecule has 1 saturated heterocycles. The van der Waals surface area contributed by atoms with Crippen LogP contribution < -0.4 is 10.6 Å². The zero-order chi connectivity index (χ0) is 15.1. The van der Waals surface area contributed by atoms with Gasteiger partial charge < -0.3 is 15.7 Å². The number of carboxylic acids is 1. The molecule has 1 saturated carbocycles. The van der Waals surface area contributed by atoms with Crippen LogP contribution in [-0.2, 0) is 4.79 Å². The van der Waals surface area contributed by atoms with Crippen LogP contribution in [0.5, 0.6) is 0 Å². The molecule has 3 rings (SSSR count). The van der Waals surface area contributed by atoms with Gasteiger partial charge in [0.05, 0.1) is 0 Å². The molecule has 3 unspecified atom stereocenters. The van der Waals surface area contributed by atoms with Crippen molar-refractivity contribution in [2.24, 2.45) is 17.6 Å². The molecule has 2 fully saturated rings. The van der Waals surface area contributed by atoms with E-state index in [1.54, 1.807) is 19.1 Å². The van der Waals surface area contributed by atoms with Crippen molar-refractivity contribution < 1.29 is 14.7 Å². The van der Waals surface area contributed by atoms with Crippen LogP contribution in [0.1, 0.15) is 35.3 Å². The molecule has 0 aromatic carbocycles. The number of nitrogens with two attached hydrogens (primary N) is 1. The van der Waals surface area contributed by atoms with Gasteiger partial charge in [0.2, 0.25) is 5.91 Å². The van der Waals surface area contributed by atoms with Gasteiger partial charge >= 0.3 is 5.97 Å². The summed E-state index contributed by atoms with van der Waals surface area (Å²) in [6, 6.07) is 2.68. The second-order valence-corrected chi connectivity index (χ2v) is 6.01. The predicted molar refractivity (Wildman–Crippen MR) is 77.1 cm³/mol. The number of aliphatic carboxylic acids is 1. The third-order valence-electron chi connectivity index (χ3n) is 4.66.